The van der Waals surface area contributed by atoms with Crippen molar-refractivity contribution >= 4 is 5.78 Å². The first kappa shape index (κ1) is 8.24. The lowest BCUT2D eigenvalue weighted by atomic mass is 9.86. The molecule has 0 saturated carbocycles. The molecule has 0 unspecified atom stereocenters. The molecule has 1 atom stereocenters. The van der Waals surface area contributed by atoms with Crippen molar-refractivity contribution in [1.82, 2.24) is 4.90 Å². The number of carbonyl (C=O) groups excluding carboxylic acids is 1. The molecular formula is C10H17NO. The third-order valence-corrected chi connectivity index (χ3v) is 3.25. The lowest BCUT2D eigenvalue weighted by Gasteiger charge is -2.43. The Hall–Kier alpha value is -0.370. The average Bonchev–Trinajstić information content (AvgIpc) is 2.32. The molecule has 2 fully saturated rings. The first-order chi connectivity index (χ1) is 5.59. The van der Waals surface area contributed by atoms with Crippen LogP contribution in [0.2, 0.25) is 0 Å². The predicted molar refractivity (Wildman–Crippen MR) is 48.0 cm³/mol. The fraction of sp³-hybridized carbons (Fsp3) is 0.900. The van der Waals surface area contributed by atoms with E-state index < -0.39 is 0 Å². The number of Topliss-reactive ketones (excluding diaryl/α,β-unsaturated/α-hetero) is 1. The number of ketones is 1. The molecule has 2 heterocycles. The molecule has 0 N–H and O–H groups in total. The summed E-state index contributed by atoms with van der Waals surface area (Å²) in [5.74, 6) is 0.461. The standard InChI is InChI=1S/C10H17NO/c1-10(2)7-9(12)6-8-4-3-5-11(8)10/h8H,3-7H2,1-2H3/t8-/m0/s1. The summed E-state index contributed by atoms with van der Waals surface area (Å²) in [5.41, 5.74) is 0.135. The Bertz CT molecular complexity index is 210. The van der Waals surface area contributed by atoms with Crippen LogP contribution in [0.5, 0.6) is 0 Å². The maximum absolute atomic E-state index is 11.4. The SMILES string of the molecule is CC1(C)CC(=O)C[C@@H]2CCCN21. The van der Waals surface area contributed by atoms with Crippen LogP contribution in [0.1, 0.15) is 39.5 Å². The first-order valence-corrected chi connectivity index (χ1v) is 4.88. The maximum Gasteiger partial charge on any atom is 0.136 e. The van der Waals surface area contributed by atoms with Crippen LogP contribution in [0.4, 0.5) is 0 Å². The summed E-state index contributed by atoms with van der Waals surface area (Å²) in [5, 5.41) is 0. The van der Waals surface area contributed by atoms with Crippen LogP contribution in [0.15, 0.2) is 0 Å². The molecule has 2 heteroatoms. The molecule has 0 radical (unpaired) electrons. The molecule has 0 aliphatic carbocycles. The van der Waals surface area contributed by atoms with Gasteiger partial charge in [0.1, 0.15) is 5.78 Å². The first-order valence-electron chi connectivity index (χ1n) is 4.88. The van der Waals surface area contributed by atoms with Crippen molar-refractivity contribution in [3.63, 3.8) is 0 Å². The molecular weight excluding hydrogens is 150 g/mol. The Labute approximate surface area is 73.9 Å². The number of piperidine rings is 1. The molecule has 2 aliphatic heterocycles. The summed E-state index contributed by atoms with van der Waals surface area (Å²) in [6, 6.07) is 0.571. The summed E-state index contributed by atoms with van der Waals surface area (Å²) >= 11 is 0. The van der Waals surface area contributed by atoms with Gasteiger partial charge in [-0.25, -0.2) is 0 Å². The Morgan fingerprint density at radius 1 is 1.50 bits per heavy atom. The van der Waals surface area contributed by atoms with E-state index in [1.807, 2.05) is 0 Å². The van der Waals surface area contributed by atoms with E-state index >= 15 is 0 Å². The van der Waals surface area contributed by atoms with Gasteiger partial charge in [0.2, 0.25) is 0 Å². The predicted octanol–water partition coefficient (Wildman–Crippen LogP) is 1.59. The molecule has 0 aromatic heterocycles. The molecule has 12 heavy (non-hydrogen) atoms. The summed E-state index contributed by atoms with van der Waals surface area (Å²) < 4.78 is 0. The second-order valence-electron chi connectivity index (χ2n) is 4.72. The van der Waals surface area contributed by atoms with E-state index in [4.69, 9.17) is 0 Å². The lowest BCUT2D eigenvalue weighted by molar-refractivity contribution is -0.127. The van der Waals surface area contributed by atoms with Gasteiger partial charge in [-0.15, -0.1) is 0 Å². The van der Waals surface area contributed by atoms with Crippen LogP contribution >= 0.6 is 0 Å². The van der Waals surface area contributed by atoms with E-state index in [0.29, 0.717) is 11.8 Å². The number of fused-ring (bicyclic) bond motifs is 1. The quantitative estimate of drug-likeness (QED) is 0.546. The van der Waals surface area contributed by atoms with Crippen LogP contribution < -0.4 is 0 Å². The number of hydrogen-bond acceptors (Lipinski definition) is 2. The minimum atomic E-state index is 0.135. The highest BCUT2D eigenvalue weighted by Gasteiger charge is 2.42. The highest BCUT2D eigenvalue weighted by molar-refractivity contribution is 5.81. The molecule has 0 bridgehead atoms. The molecule has 0 spiro atoms. The van der Waals surface area contributed by atoms with Crippen molar-refractivity contribution in [3.8, 4) is 0 Å². The molecule has 2 nitrogen and oxygen atoms in total. The van der Waals surface area contributed by atoms with Gasteiger partial charge >= 0.3 is 0 Å². The highest BCUT2D eigenvalue weighted by Crippen LogP contribution is 2.35. The van der Waals surface area contributed by atoms with Gasteiger partial charge in [-0.3, -0.25) is 9.69 Å². The number of nitrogens with zero attached hydrogens (tertiary/aromatic N) is 1. The van der Waals surface area contributed by atoms with Crippen LogP contribution in [0, 0.1) is 0 Å². The third kappa shape index (κ3) is 1.18. The second-order valence-corrected chi connectivity index (χ2v) is 4.72. The van der Waals surface area contributed by atoms with E-state index in [1.165, 1.54) is 19.4 Å². The smallest absolute Gasteiger partial charge is 0.136 e. The van der Waals surface area contributed by atoms with Crippen LogP contribution in [0.25, 0.3) is 0 Å². The van der Waals surface area contributed by atoms with Crippen LogP contribution in [-0.2, 0) is 4.79 Å². The van der Waals surface area contributed by atoms with Crippen LogP contribution in [0.3, 0.4) is 0 Å². The minimum absolute atomic E-state index is 0.135. The summed E-state index contributed by atoms with van der Waals surface area (Å²) in [6.07, 6.45) is 4.07. The van der Waals surface area contributed by atoms with Gasteiger partial charge in [-0.1, -0.05) is 0 Å². The second kappa shape index (κ2) is 2.56. The highest BCUT2D eigenvalue weighted by atomic mass is 16.1. The minimum Gasteiger partial charge on any atom is -0.300 e. The fourth-order valence-electron chi connectivity index (χ4n) is 2.76. The van der Waals surface area contributed by atoms with Crippen molar-refractivity contribution < 1.29 is 4.79 Å². The molecule has 2 saturated heterocycles. The Kier molecular flexibility index (Phi) is 1.76. The van der Waals surface area contributed by atoms with E-state index in [9.17, 15) is 4.79 Å². The van der Waals surface area contributed by atoms with E-state index in [0.717, 1.165) is 12.8 Å². The summed E-state index contributed by atoms with van der Waals surface area (Å²) in [7, 11) is 0. The van der Waals surface area contributed by atoms with Gasteiger partial charge in [-0.2, -0.15) is 0 Å². The van der Waals surface area contributed by atoms with Gasteiger partial charge in [0.05, 0.1) is 0 Å². The van der Waals surface area contributed by atoms with Gasteiger partial charge in [0.15, 0.2) is 0 Å². The zero-order chi connectivity index (χ0) is 8.77. The average molecular weight is 167 g/mol. The topological polar surface area (TPSA) is 20.3 Å². The maximum atomic E-state index is 11.4. The zero-order valence-corrected chi connectivity index (χ0v) is 7.97. The number of hydrogen-bond donors (Lipinski definition) is 0. The molecule has 68 valence electrons. The molecule has 0 aromatic carbocycles. The van der Waals surface area contributed by atoms with Crippen molar-refractivity contribution in [2.45, 2.75) is 51.1 Å². The van der Waals surface area contributed by atoms with E-state index in [1.54, 1.807) is 0 Å². The monoisotopic (exact) mass is 167 g/mol. The zero-order valence-electron chi connectivity index (χ0n) is 7.97. The largest absolute Gasteiger partial charge is 0.300 e. The van der Waals surface area contributed by atoms with E-state index in [-0.39, 0.29) is 5.54 Å². The lowest BCUT2D eigenvalue weighted by Crippen LogP contribution is -2.52. The van der Waals surface area contributed by atoms with Crippen molar-refractivity contribution in [2.24, 2.45) is 0 Å². The van der Waals surface area contributed by atoms with Gasteiger partial charge in [-0.05, 0) is 33.2 Å². The number of rotatable bonds is 0. The Balaban J connectivity index is 2.20. The Morgan fingerprint density at radius 3 is 3.00 bits per heavy atom. The molecule has 0 amide bonds. The van der Waals surface area contributed by atoms with Crippen molar-refractivity contribution in [3.05, 3.63) is 0 Å². The van der Waals surface area contributed by atoms with E-state index in [2.05, 4.69) is 18.7 Å². The van der Waals surface area contributed by atoms with Crippen molar-refractivity contribution in [2.75, 3.05) is 6.54 Å². The fourth-order valence-corrected chi connectivity index (χ4v) is 2.76. The summed E-state index contributed by atoms with van der Waals surface area (Å²) in [6.45, 7) is 5.59. The molecule has 2 aliphatic rings. The van der Waals surface area contributed by atoms with Gasteiger partial charge in [0.25, 0.3) is 0 Å². The van der Waals surface area contributed by atoms with Crippen molar-refractivity contribution in [1.29, 1.82) is 0 Å². The molecule has 0 aromatic rings. The summed E-state index contributed by atoms with van der Waals surface area (Å²) in [4.78, 5) is 13.9. The van der Waals surface area contributed by atoms with Gasteiger partial charge in [0, 0.05) is 24.4 Å². The normalized spacial score (nSPS) is 35.2. The molecule has 2 rings (SSSR count). The number of carbonyl (C=O) groups is 1. The van der Waals surface area contributed by atoms with Crippen LogP contribution in [-0.4, -0.2) is 28.8 Å². The third-order valence-electron chi connectivity index (χ3n) is 3.25. The Morgan fingerprint density at radius 2 is 2.25 bits per heavy atom. The van der Waals surface area contributed by atoms with Gasteiger partial charge < -0.3 is 0 Å².